The van der Waals surface area contributed by atoms with E-state index in [2.05, 4.69) is 41.2 Å². The molecule has 0 radical (unpaired) electrons. The van der Waals surface area contributed by atoms with Gasteiger partial charge in [0.2, 0.25) is 5.91 Å². The highest BCUT2D eigenvalue weighted by molar-refractivity contribution is 6.24. The molecule has 2 rings (SSSR count). The van der Waals surface area contributed by atoms with E-state index in [1.54, 1.807) is 11.2 Å². The molecule has 0 aliphatic carbocycles. The van der Waals surface area contributed by atoms with Gasteiger partial charge in [0.25, 0.3) is 0 Å². The molecule has 1 amide bonds. The van der Waals surface area contributed by atoms with E-state index in [0.717, 1.165) is 26.2 Å². The van der Waals surface area contributed by atoms with E-state index < -0.39 is 6.18 Å². The maximum Gasteiger partial charge on any atom is 0.386 e. The van der Waals surface area contributed by atoms with Gasteiger partial charge in [-0.2, -0.15) is 18.3 Å². The fourth-order valence-corrected chi connectivity index (χ4v) is 2.67. The van der Waals surface area contributed by atoms with Crippen LogP contribution in [0.2, 0.25) is 0 Å². The number of hydrogen-bond donors (Lipinski definition) is 0. The zero-order valence-corrected chi connectivity index (χ0v) is 17.3. The van der Waals surface area contributed by atoms with Crippen molar-refractivity contribution >= 4 is 29.4 Å². The number of alkyl halides is 4. The molecule has 5 nitrogen and oxygen atoms in total. The fourth-order valence-electron chi connectivity index (χ4n) is 2.61. The van der Waals surface area contributed by atoms with Crippen LogP contribution in [0.5, 0.6) is 0 Å². The molecule has 1 aliphatic rings. The van der Waals surface area contributed by atoms with Gasteiger partial charge in [0.05, 0.1) is 5.88 Å². The van der Waals surface area contributed by atoms with Crippen molar-refractivity contribution in [3.8, 4) is 0 Å². The largest absolute Gasteiger partial charge is 0.386 e. The Morgan fingerprint density at radius 2 is 1.75 bits per heavy atom. The standard InChI is InChI=1S/C17H25ClN4O.C2H3F3/c1-3-22(19-9-8-18)14-17(23)21-12-10-20(11-13-21)16-6-4-15(2)5-7-16;1-2(3,4)5/h4-7,9H,3,8,10-14H2,1-2H3;1H3/b19-9-;. The number of carbonyl (C=O) groups is 1. The molecule has 9 heteroatoms. The van der Waals surface area contributed by atoms with Gasteiger partial charge in [-0.3, -0.25) is 9.80 Å². The van der Waals surface area contributed by atoms with Crippen LogP contribution in [0, 0.1) is 6.92 Å². The Morgan fingerprint density at radius 3 is 2.21 bits per heavy atom. The van der Waals surface area contributed by atoms with Crippen molar-refractivity contribution in [1.82, 2.24) is 9.91 Å². The van der Waals surface area contributed by atoms with E-state index in [9.17, 15) is 18.0 Å². The second-order valence-corrected chi connectivity index (χ2v) is 6.73. The summed E-state index contributed by atoms with van der Waals surface area (Å²) < 4.78 is 31.1. The first-order valence-electron chi connectivity index (χ1n) is 9.13. The maximum absolute atomic E-state index is 12.4. The molecule has 158 valence electrons. The number of anilines is 1. The van der Waals surface area contributed by atoms with E-state index >= 15 is 0 Å². The first-order valence-corrected chi connectivity index (χ1v) is 9.67. The molecule has 1 aliphatic heterocycles. The predicted molar refractivity (Wildman–Crippen MR) is 108 cm³/mol. The van der Waals surface area contributed by atoms with Crippen LogP contribution >= 0.6 is 11.6 Å². The Kier molecular flexibility index (Phi) is 10.1. The van der Waals surface area contributed by atoms with Crippen molar-refractivity contribution in [2.75, 3.05) is 50.0 Å². The second kappa shape index (κ2) is 11.8. The zero-order valence-electron chi connectivity index (χ0n) is 16.5. The number of halogens is 4. The van der Waals surface area contributed by atoms with E-state index in [4.69, 9.17) is 11.6 Å². The number of hydrazone groups is 1. The summed E-state index contributed by atoms with van der Waals surface area (Å²) in [4.78, 5) is 16.6. The molecule has 0 bridgehead atoms. The summed E-state index contributed by atoms with van der Waals surface area (Å²) in [5.41, 5.74) is 2.49. The highest BCUT2D eigenvalue weighted by Crippen LogP contribution is 2.17. The first kappa shape index (κ1) is 24.1. The number of benzene rings is 1. The first-order chi connectivity index (χ1) is 13.1. The minimum absolute atomic E-state index is 0.127. The average Bonchev–Trinajstić information content (AvgIpc) is 2.64. The van der Waals surface area contributed by atoms with Crippen molar-refractivity contribution in [3.05, 3.63) is 29.8 Å². The lowest BCUT2D eigenvalue weighted by atomic mass is 10.2. The predicted octanol–water partition coefficient (Wildman–Crippen LogP) is 3.76. The Balaban J connectivity index is 0.000000696. The van der Waals surface area contributed by atoms with Crippen molar-refractivity contribution in [3.63, 3.8) is 0 Å². The maximum atomic E-state index is 12.4. The molecular formula is C19H28ClF3N4O. The highest BCUT2D eigenvalue weighted by atomic mass is 35.5. The van der Waals surface area contributed by atoms with Crippen LogP contribution in [-0.4, -0.2) is 73.4 Å². The van der Waals surface area contributed by atoms with Crippen LogP contribution in [0.1, 0.15) is 19.4 Å². The fraction of sp³-hybridized carbons (Fsp3) is 0.579. The molecular weight excluding hydrogens is 393 g/mol. The monoisotopic (exact) mass is 420 g/mol. The molecule has 1 saturated heterocycles. The van der Waals surface area contributed by atoms with Gasteiger partial charge in [0, 0.05) is 51.5 Å². The SMILES string of the molecule is CC(F)(F)F.CCN(CC(=O)N1CCN(c2ccc(C)cc2)CC1)/N=C\CCl. The summed E-state index contributed by atoms with van der Waals surface area (Å²) in [6.07, 6.45) is -2.38. The van der Waals surface area contributed by atoms with Gasteiger partial charge in [0.1, 0.15) is 6.54 Å². The lowest BCUT2D eigenvalue weighted by molar-refractivity contribution is -0.132. The Hall–Kier alpha value is -1.96. The molecule has 1 aromatic carbocycles. The van der Waals surface area contributed by atoms with Crippen LogP contribution < -0.4 is 4.90 Å². The van der Waals surface area contributed by atoms with Crippen LogP contribution in [-0.2, 0) is 4.79 Å². The topological polar surface area (TPSA) is 39.2 Å². The number of aryl methyl sites for hydroxylation is 1. The highest BCUT2D eigenvalue weighted by Gasteiger charge is 2.22. The van der Waals surface area contributed by atoms with Gasteiger partial charge in [-0.05, 0) is 26.0 Å². The number of nitrogens with zero attached hydrogens (tertiary/aromatic N) is 4. The number of amides is 1. The van der Waals surface area contributed by atoms with Crippen molar-refractivity contribution in [2.24, 2.45) is 5.10 Å². The van der Waals surface area contributed by atoms with Crippen molar-refractivity contribution < 1.29 is 18.0 Å². The number of hydrogen-bond acceptors (Lipinski definition) is 4. The van der Waals surface area contributed by atoms with Gasteiger partial charge in [-0.15, -0.1) is 11.6 Å². The molecule has 1 heterocycles. The van der Waals surface area contributed by atoms with Crippen molar-refractivity contribution in [1.29, 1.82) is 0 Å². The molecule has 0 aromatic heterocycles. The number of piperazine rings is 1. The van der Waals surface area contributed by atoms with Crippen LogP contribution in [0.3, 0.4) is 0 Å². The Bertz CT molecular complexity index is 609. The normalized spacial score (nSPS) is 14.7. The summed E-state index contributed by atoms with van der Waals surface area (Å²) in [5.74, 6) is 0.488. The summed E-state index contributed by atoms with van der Waals surface area (Å²) in [6, 6.07) is 8.54. The summed E-state index contributed by atoms with van der Waals surface area (Å²) in [5, 5.41) is 5.93. The minimum Gasteiger partial charge on any atom is -0.368 e. The molecule has 0 N–H and O–H groups in total. The van der Waals surface area contributed by atoms with Gasteiger partial charge in [0.15, 0.2) is 0 Å². The van der Waals surface area contributed by atoms with Gasteiger partial charge < -0.3 is 9.80 Å². The molecule has 0 saturated carbocycles. The summed E-state index contributed by atoms with van der Waals surface area (Å²) in [6.45, 7) is 8.51. The second-order valence-electron chi connectivity index (χ2n) is 6.42. The van der Waals surface area contributed by atoms with E-state index in [1.807, 2.05) is 11.8 Å². The van der Waals surface area contributed by atoms with E-state index in [1.165, 1.54) is 11.3 Å². The zero-order chi connectivity index (χ0) is 21.2. The Labute approximate surface area is 169 Å². The third-order valence-corrected chi connectivity index (χ3v) is 4.17. The third-order valence-electron chi connectivity index (χ3n) is 4.03. The minimum atomic E-state index is -4.00. The van der Waals surface area contributed by atoms with Crippen LogP contribution in [0.4, 0.5) is 18.9 Å². The van der Waals surface area contributed by atoms with Gasteiger partial charge >= 0.3 is 6.18 Å². The number of likely N-dealkylation sites (N-methyl/N-ethyl adjacent to an activating group) is 1. The number of rotatable bonds is 6. The smallest absolute Gasteiger partial charge is 0.368 e. The average molecular weight is 421 g/mol. The van der Waals surface area contributed by atoms with Gasteiger partial charge in [-0.25, -0.2) is 0 Å². The molecule has 1 aromatic rings. The lowest BCUT2D eigenvalue weighted by Crippen LogP contribution is -2.51. The molecule has 0 atom stereocenters. The summed E-state index contributed by atoms with van der Waals surface area (Å²) in [7, 11) is 0. The van der Waals surface area contributed by atoms with Crippen LogP contribution in [0.15, 0.2) is 29.4 Å². The Morgan fingerprint density at radius 1 is 1.21 bits per heavy atom. The molecule has 0 unspecified atom stereocenters. The third kappa shape index (κ3) is 9.82. The summed E-state index contributed by atoms with van der Waals surface area (Å²) >= 11 is 5.59. The quantitative estimate of drug-likeness (QED) is 0.399. The molecule has 28 heavy (non-hydrogen) atoms. The van der Waals surface area contributed by atoms with Crippen LogP contribution in [0.25, 0.3) is 0 Å². The van der Waals surface area contributed by atoms with E-state index in [-0.39, 0.29) is 12.8 Å². The van der Waals surface area contributed by atoms with E-state index in [0.29, 0.717) is 19.0 Å². The number of carbonyl (C=O) groups excluding carboxylic acids is 1. The molecule has 0 spiro atoms. The molecule has 1 fully saturated rings. The lowest BCUT2D eigenvalue weighted by Gasteiger charge is -2.36. The van der Waals surface area contributed by atoms with Gasteiger partial charge in [-0.1, -0.05) is 17.7 Å². The van der Waals surface area contributed by atoms with Crippen molar-refractivity contribution in [2.45, 2.75) is 26.9 Å².